The van der Waals surface area contributed by atoms with E-state index in [4.69, 9.17) is 61.7 Å². The van der Waals surface area contributed by atoms with E-state index in [1.807, 2.05) is 43.4 Å². The Morgan fingerprint density at radius 3 is 2.22 bits per heavy atom. The van der Waals surface area contributed by atoms with E-state index in [2.05, 4.69) is 44.8 Å². The largest absolute Gasteiger partial charge is 0.492 e. The van der Waals surface area contributed by atoms with Crippen molar-refractivity contribution in [3.63, 3.8) is 0 Å². The number of allylic oxidation sites excluding steroid dienone is 3. The highest BCUT2D eigenvalue weighted by molar-refractivity contribution is 14.1. The molecule has 1 aliphatic carbocycles. The molecule has 19 atom stereocenters. The first-order valence-electron chi connectivity index (χ1n) is 29.9. The van der Waals surface area contributed by atoms with E-state index in [0.717, 1.165) is 34.9 Å². The van der Waals surface area contributed by atoms with Crippen molar-refractivity contribution in [2.45, 2.75) is 202 Å². The minimum Gasteiger partial charge on any atom is -0.492 e. The van der Waals surface area contributed by atoms with Gasteiger partial charge in [0.25, 0.3) is 0 Å². The first-order valence-corrected chi connectivity index (χ1v) is 34.1. The summed E-state index contributed by atoms with van der Waals surface area (Å²) in [5, 5.41) is 63.0. The van der Waals surface area contributed by atoms with Crippen LogP contribution in [0.4, 0.5) is 4.79 Å². The van der Waals surface area contributed by atoms with Crippen LogP contribution in [0.2, 0.25) is 0 Å². The van der Waals surface area contributed by atoms with E-state index in [0.29, 0.717) is 15.7 Å². The first kappa shape index (κ1) is 75.2. The van der Waals surface area contributed by atoms with Gasteiger partial charge < -0.3 is 87.7 Å². The third-order valence-electron chi connectivity index (χ3n) is 16.1. The Hall–Kier alpha value is -4.14. The summed E-state index contributed by atoms with van der Waals surface area (Å²) < 4.78 is 73.1. The third-order valence-corrected chi connectivity index (χ3v) is 21.3. The lowest BCUT2D eigenvalue weighted by molar-refractivity contribution is -0.336. The normalized spacial score (nSPS) is 32.5. The highest BCUT2D eigenvalue weighted by Crippen LogP contribution is 2.49. The minimum atomic E-state index is -1.83. The van der Waals surface area contributed by atoms with Crippen LogP contribution in [0.3, 0.4) is 0 Å². The Kier molecular flexibility index (Phi) is 28.4. The fourth-order valence-electron chi connectivity index (χ4n) is 11.3. The van der Waals surface area contributed by atoms with E-state index < -0.39 is 127 Å². The molecule has 0 saturated carbocycles. The Morgan fingerprint density at radius 2 is 1.58 bits per heavy atom. The van der Waals surface area contributed by atoms with Gasteiger partial charge in [0.2, 0.25) is 17.2 Å². The maximum absolute atomic E-state index is 14.5. The van der Waals surface area contributed by atoms with Crippen LogP contribution < -0.4 is 30.3 Å². The van der Waals surface area contributed by atoms with Crippen molar-refractivity contribution >= 4 is 72.9 Å². The number of carbonyl (C=O) groups excluding carboxylic acids is 3. The molecular formula is C63H85IN4O21S3. The molecular weight excluding hydrogens is 1370 g/mol. The van der Waals surface area contributed by atoms with Gasteiger partial charge in [-0.3, -0.25) is 24.7 Å². The van der Waals surface area contributed by atoms with Gasteiger partial charge in [-0.15, -0.1) is 5.92 Å². The van der Waals surface area contributed by atoms with Gasteiger partial charge in [0.15, 0.2) is 36.2 Å². The molecule has 0 unspecified atom stereocenters. The summed E-state index contributed by atoms with van der Waals surface area (Å²) in [6, 6.07) is -1.31. The molecule has 2 aromatic rings. The Bertz CT molecular complexity index is 3100. The molecule has 4 fully saturated rings. The van der Waals surface area contributed by atoms with Crippen LogP contribution in [0.1, 0.15) is 87.9 Å². The summed E-state index contributed by atoms with van der Waals surface area (Å²) in [6.45, 7) is 16.5. The molecule has 25 nitrogen and oxygen atoms in total. The number of aliphatic hydroxyl groups is 5. The van der Waals surface area contributed by atoms with E-state index in [1.54, 1.807) is 60.2 Å². The number of ketones is 1. The number of halogens is 1. The lowest BCUT2D eigenvalue weighted by Crippen LogP contribution is -2.65. The number of nitrogens with one attached hydrogen (secondary N) is 3. The highest BCUT2D eigenvalue weighted by atomic mass is 127. The van der Waals surface area contributed by atoms with Crippen molar-refractivity contribution in [3.8, 4) is 40.9 Å². The van der Waals surface area contributed by atoms with Gasteiger partial charge in [0.05, 0.1) is 96.2 Å². The Morgan fingerprint density at radius 1 is 0.880 bits per heavy atom. The Labute approximate surface area is 562 Å². The van der Waals surface area contributed by atoms with Crippen molar-refractivity contribution < 1.29 is 102 Å². The summed E-state index contributed by atoms with van der Waals surface area (Å²) in [5.74, 6) is 11.4. The Balaban J connectivity index is 1.15. The van der Waals surface area contributed by atoms with Crippen LogP contribution in [0, 0.1) is 48.0 Å². The van der Waals surface area contributed by atoms with Gasteiger partial charge >= 0.3 is 6.09 Å². The first-order chi connectivity index (χ1) is 43.9. The van der Waals surface area contributed by atoms with Gasteiger partial charge in [-0.05, 0) is 119 Å². The number of nitrogens with zero attached hydrogens (tertiary/aromatic N) is 1. The number of thioether (sulfide) groups is 1. The minimum absolute atomic E-state index is 0.00624. The molecule has 7 rings (SSSR count). The van der Waals surface area contributed by atoms with Crippen molar-refractivity contribution in [2.75, 3.05) is 54.5 Å². The predicted octanol–water partition coefficient (Wildman–Crippen LogP) is 5.02. The smallest absolute Gasteiger partial charge is 0.411 e. The zero-order chi connectivity index (χ0) is 67.3. The molecule has 1 aromatic heterocycles. The van der Waals surface area contributed by atoms with Gasteiger partial charge in [-0.25, -0.2) is 4.79 Å². The summed E-state index contributed by atoms with van der Waals surface area (Å²) in [7, 11) is 9.77. The summed E-state index contributed by atoms with van der Waals surface area (Å²) in [4.78, 5) is 53.4. The number of aryl methyl sites for hydroxylation is 2. The lowest BCUT2D eigenvalue weighted by Gasteiger charge is -2.46. The number of likely N-dealkylation sites (N-methyl/N-ethyl adjacent to an activating group) is 1. The molecule has 8 N–H and O–H groups in total. The van der Waals surface area contributed by atoms with Crippen molar-refractivity contribution in [3.05, 3.63) is 73.3 Å². The number of Topliss-reactive ketones (excluding diaryl/α,β-unsaturated/α-hetero) is 1. The number of pyridine rings is 1. The van der Waals surface area contributed by atoms with Crippen LogP contribution in [0.5, 0.6) is 17.2 Å². The fraction of sp³-hybridized carbons (Fsp3) is 0.619. The van der Waals surface area contributed by atoms with Gasteiger partial charge in [0, 0.05) is 62.1 Å². The second-order valence-corrected chi connectivity index (χ2v) is 27.1. The van der Waals surface area contributed by atoms with E-state index in [1.165, 1.54) is 62.0 Å². The van der Waals surface area contributed by atoms with E-state index in [9.17, 15) is 39.9 Å². The average molecular weight is 1460 g/mol. The number of aromatic nitrogens is 1. The average Bonchev–Trinajstić information content (AvgIpc) is 0.836. The van der Waals surface area contributed by atoms with Crippen LogP contribution >= 0.6 is 55.9 Å². The molecule has 4 aliphatic heterocycles. The van der Waals surface area contributed by atoms with Crippen LogP contribution in [0.25, 0.3) is 0 Å². The molecule has 0 spiro atoms. The number of methoxy groups -OCH3 is 5. The number of benzene rings is 1. The maximum Gasteiger partial charge on any atom is 0.411 e. The molecule has 92 heavy (non-hydrogen) atoms. The number of rotatable bonds is 23. The standard InChI is InChI=1S/C63H85IN4O21S3/c1-15-17-18-19-20-21-40(45-36(22-23-90-92-57-30(3)27-65-28-31(57)4)63(9,76)26-39(70)48(45)67-62(75)81-14)86-61-55(87-42-25-41(77-10)37(29-82-42)66-16-2)50(72)47(33(6)84-61)68-89-43-24-38(69)58(35(8)83-43)91-59(74)44-32(5)46(64)53(56(80-13)52(44)78-11)88-60-51(73)54(79-12)49(71)34(7)85-60/h18-19,22,27-28,33-35,37-38,40-43,47,49-51,54-55,58,60-61,66,68-69,71-73,76H,16,23-26,29H2,1-14H3,(H,67,75)/b19-18-,36-22+/t33-,34+,35-,37+,38+,40+,41+,42+,43+,47-,49+,50-,51-,54-,55-,58-,60+,61+,63+/m1/s1. The monoisotopic (exact) mass is 1460 g/mol. The zero-order valence-corrected chi connectivity index (χ0v) is 58.4. The number of ether oxygens (including phenoxy) is 12. The number of aliphatic hydroxyl groups excluding tert-OH is 4. The number of carbonyl (C=O) groups is 3. The maximum atomic E-state index is 14.5. The quantitative estimate of drug-likeness (QED) is 0.0238. The van der Waals surface area contributed by atoms with Crippen LogP contribution in [-0.4, -0.2) is 217 Å². The second-order valence-electron chi connectivity index (χ2n) is 22.6. The van der Waals surface area contributed by atoms with Gasteiger partial charge in [0.1, 0.15) is 36.6 Å². The summed E-state index contributed by atoms with van der Waals surface area (Å²) in [5.41, 5.74) is 3.56. The number of hydrogen-bond donors (Lipinski definition) is 8. The molecule has 0 bridgehead atoms. The van der Waals surface area contributed by atoms with Crippen molar-refractivity contribution in [2.24, 2.45) is 0 Å². The zero-order valence-electron chi connectivity index (χ0n) is 53.8. The molecule has 1 aromatic carbocycles. The van der Waals surface area contributed by atoms with Gasteiger partial charge in [-0.1, -0.05) is 64.1 Å². The SMILES string of the molecule is CC#C/C=C\C#C[C@H](O[C@@H]1O[C@H](C)[C@@H](NO[C@H]2C[C@H](O)[C@H](SC(=O)c3c(C)c(I)c(O[C@@H]4O[C@@H](C)[C@H](O)[C@@H](OC)[C@H]4O)c(OC)c3OC)[C@@H](C)O2)[C@@H](O)[C@H]1O[C@H]1C[C@H](OC)[C@@H](NCC)CO1)C1=C(NC(=O)OC)C(=O)C[C@](C)(O)/C1=C/CSSc1c(C)cncc1C. The van der Waals surface area contributed by atoms with Crippen LogP contribution in [0.15, 0.2) is 52.4 Å². The predicted molar refractivity (Wildman–Crippen MR) is 349 cm³/mol. The molecule has 4 saturated heterocycles. The number of hydrogen-bond acceptors (Lipinski definition) is 27. The lowest BCUT2D eigenvalue weighted by atomic mass is 9.76. The third kappa shape index (κ3) is 17.9. The summed E-state index contributed by atoms with van der Waals surface area (Å²) >= 11 is 2.82. The number of hydroxylamine groups is 1. The van der Waals surface area contributed by atoms with Crippen LogP contribution in [-0.2, 0) is 52.3 Å². The molecule has 5 aliphatic rings. The van der Waals surface area contributed by atoms with Gasteiger partial charge in [-0.2, -0.15) is 5.48 Å². The fourth-order valence-corrected chi connectivity index (χ4v) is 15.5. The summed E-state index contributed by atoms with van der Waals surface area (Å²) in [6.07, 6.45) is -10.3. The topological polar surface area (TPSA) is 321 Å². The molecule has 29 heteroatoms. The molecule has 5 heterocycles. The van der Waals surface area contributed by atoms with Crippen molar-refractivity contribution in [1.82, 2.24) is 21.1 Å². The van der Waals surface area contributed by atoms with E-state index >= 15 is 0 Å². The molecule has 1 amide bonds. The van der Waals surface area contributed by atoms with E-state index in [-0.39, 0.29) is 77.0 Å². The molecule has 0 radical (unpaired) electrons. The highest BCUT2D eigenvalue weighted by Gasteiger charge is 2.52. The second kappa shape index (κ2) is 34.7. The van der Waals surface area contributed by atoms with Crippen molar-refractivity contribution in [1.29, 1.82) is 0 Å². The number of amides is 1. The number of alkyl carbamates (subject to hydrolysis) is 1. The molecule has 508 valence electrons.